The molecule has 3 rings (SSSR count). The first kappa shape index (κ1) is 23.0. The Bertz CT molecular complexity index is 1230. The van der Waals surface area contributed by atoms with Crippen molar-refractivity contribution in [3.63, 3.8) is 0 Å². The van der Waals surface area contributed by atoms with Gasteiger partial charge in [-0.15, -0.1) is 3.71 Å². The van der Waals surface area contributed by atoms with E-state index in [4.69, 9.17) is 0 Å². The highest BCUT2D eigenvalue weighted by Crippen LogP contribution is 2.33. The van der Waals surface area contributed by atoms with Crippen molar-refractivity contribution in [3.05, 3.63) is 71.4 Å². The van der Waals surface area contributed by atoms with Crippen molar-refractivity contribution >= 4 is 25.9 Å². The van der Waals surface area contributed by atoms with E-state index in [-0.39, 0.29) is 15.6 Å². The maximum absolute atomic E-state index is 13.6. The molecule has 3 aromatic rings. The molecule has 0 aliphatic rings. The van der Waals surface area contributed by atoms with E-state index >= 15 is 0 Å². The molecule has 31 heavy (non-hydrogen) atoms. The third-order valence-corrected chi connectivity index (χ3v) is 9.05. The SMILES string of the molecule is Cc1ccc(S(=O)(=O)N(c2cc(C(C)(C)C)nn2C)S(=O)(=O)c2ccc(C)cc2)cc1. The number of sulfonamides is 2. The van der Waals surface area contributed by atoms with E-state index in [1.54, 1.807) is 24.3 Å². The van der Waals surface area contributed by atoms with Crippen molar-refractivity contribution < 1.29 is 16.8 Å². The van der Waals surface area contributed by atoms with Gasteiger partial charge in [0.2, 0.25) is 0 Å². The quantitative estimate of drug-likeness (QED) is 0.575. The van der Waals surface area contributed by atoms with Crippen LogP contribution in [0.25, 0.3) is 0 Å². The van der Waals surface area contributed by atoms with Gasteiger partial charge in [-0.1, -0.05) is 56.2 Å². The van der Waals surface area contributed by atoms with Crippen LogP contribution in [0.1, 0.15) is 37.6 Å². The molecule has 0 aliphatic carbocycles. The molecule has 9 heteroatoms. The predicted octanol–water partition coefficient (Wildman–Crippen LogP) is 3.92. The van der Waals surface area contributed by atoms with Crippen LogP contribution in [0.4, 0.5) is 5.82 Å². The van der Waals surface area contributed by atoms with Gasteiger partial charge in [-0.2, -0.15) is 21.9 Å². The summed E-state index contributed by atoms with van der Waals surface area (Å²) < 4.78 is 56.4. The van der Waals surface area contributed by atoms with E-state index in [0.717, 1.165) is 11.1 Å². The second-order valence-electron chi connectivity index (χ2n) is 8.59. The molecular formula is C22H27N3O4S2. The van der Waals surface area contributed by atoms with E-state index in [1.807, 2.05) is 34.6 Å². The van der Waals surface area contributed by atoms with E-state index in [9.17, 15) is 16.8 Å². The van der Waals surface area contributed by atoms with Crippen molar-refractivity contribution in [1.29, 1.82) is 0 Å². The van der Waals surface area contributed by atoms with Crippen LogP contribution in [-0.2, 0) is 32.5 Å². The fourth-order valence-electron chi connectivity index (χ4n) is 2.98. The fraction of sp³-hybridized carbons (Fsp3) is 0.318. The molecule has 0 bridgehead atoms. The highest BCUT2D eigenvalue weighted by atomic mass is 32.3. The number of hydrogen-bond acceptors (Lipinski definition) is 5. The molecule has 166 valence electrons. The molecule has 0 fully saturated rings. The minimum Gasteiger partial charge on any atom is -0.251 e. The average molecular weight is 462 g/mol. The minimum atomic E-state index is -4.46. The third kappa shape index (κ3) is 4.38. The van der Waals surface area contributed by atoms with Crippen LogP contribution in [0.15, 0.2) is 64.4 Å². The standard InChI is InChI=1S/C22H27N3O4S2/c1-16-7-11-18(12-8-16)30(26,27)25(21-15-20(22(3,4)5)23-24(21)6)31(28,29)19-13-9-17(2)10-14-19/h7-15H,1-6H3. The van der Waals surface area contributed by atoms with Crippen LogP contribution in [0.5, 0.6) is 0 Å². The lowest BCUT2D eigenvalue weighted by atomic mass is 9.92. The summed E-state index contributed by atoms with van der Waals surface area (Å²) in [6.07, 6.45) is 0. The first-order chi connectivity index (χ1) is 14.2. The Hall–Kier alpha value is -2.65. The molecule has 7 nitrogen and oxygen atoms in total. The molecule has 0 N–H and O–H groups in total. The molecule has 1 aromatic heterocycles. The molecule has 0 spiro atoms. The second kappa shape index (κ2) is 7.80. The van der Waals surface area contributed by atoms with Crippen LogP contribution in [0.2, 0.25) is 0 Å². The normalized spacial score (nSPS) is 12.7. The van der Waals surface area contributed by atoms with E-state index in [0.29, 0.717) is 9.40 Å². The van der Waals surface area contributed by atoms with Crippen LogP contribution in [0.3, 0.4) is 0 Å². The number of aryl methyl sites for hydroxylation is 3. The number of anilines is 1. The molecule has 2 aromatic carbocycles. The maximum Gasteiger partial charge on any atom is 0.278 e. The molecule has 0 radical (unpaired) electrons. The highest BCUT2D eigenvalue weighted by Gasteiger charge is 2.39. The maximum atomic E-state index is 13.6. The van der Waals surface area contributed by atoms with Gasteiger partial charge in [0, 0.05) is 18.5 Å². The lowest BCUT2D eigenvalue weighted by Crippen LogP contribution is -2.38. The summed E-state index contributed by atoms with van der Waals surface area (Å²) in [5.74, 6) is -0.0499. The van der Waals surface area contributed by atoms with E-state index in [2.05, 4.69) is 5.10 Å². The number of nitrogens with zero attached hydrogens (tertiary/aromatic N) is 3. The monoisotopic (exact) mass is 461 g/mol. The zero-order valence-electron chi connectivity index (χ0n) is 18.5. The Balaban J connectivity index is 2.31. The summed E-state index contributed by atoms with van der Waals surface area (Å²) >= 11 is 0. The Morgan fingerprint density at radius 1 is 0.774 bits per heavy atom. The summed E-state index contributed by atoms with van der Waals surface area (Å²) in [6.45, 7) is 9.42. The fourth-order valence-corrected chi connectivity index (χ4v) is 6.71. The highest BCUT2D eigenvalue weighted by molar-refractivity contribution is 8.10. The van der Waals surface area contributed by atoms with Crippen molar-refractivity contribution in [1.82, 2.24) is 9.78 Å². The largest absolute Gasteiger partial charge is 0.278 e. The van der Waals surface area contributed by atoms with Gasteiger partial charge >= 0.3 is 0 Å². The Morgan fingerprint density at radius 2 is 1.16 bits per heavy atom. The first-order valence-corrected chi connectivity index (χ1v) is 12.6. The van der Waals surface area contributed by atoms with Crippen molar-refractivity contribution in [2.75, 3.05) is 3.71 Å². The zero-order chi connectivity index (χ0) is 23.2. The number of rotatable bonds is 5. The van der Waals surface area contributed by atoms with E-state index in [1.165, 1.54) is 42.1 Å². The van der Waals surface area contributed by atoms with Crippen LogP contribution in [-0.4, -0.2) is 26.6 Å². The van der Waals surface area contributed by atoms with Gasteiger partial charge in [0.25, 0.3) is 20.0 Å². The Labute approximate surface area is 184 Å². The molecule has 0 saturated heterocycles. The van der Waals surface area contributed by atoms with Gasteiger partial charge in [-0.05, 0) is 38.1 Å². The second-order valence-corrected chi connectivity index (χ2v) is 12.4. The lowest BCUT2D eigenvalue weighted by Gasteiger charge is -2.24. The van der Waals surface area contributed by atoms with Gasteiger partial charge in [0.15, 0.2) is 5.82 Å². The summed E-state index contributed by atoms with van der Waals surface area (Å²) in [4.78, 5) is -0.236. The smallest absolute Gasteiger partial charge is 0.251 e. The predicted molar refractivity (Wildman–Crippen MR) is 121 cm³/mol. The van der Waals surface area contributed by atoms with Gasteiger partial charge in [-0.25, -0.2) is 0 Å². The summed E-state index contributed by atoms with van der Waals surface area (Å²) in [5, 5.41) is 4.39. The Kier molecular flexibility index (Phi) is 5.79. The van der Waals surface area contributed by atoms with Crippen molar-refractivity contribution in [3.8, 4) is 0 Å². The molecule has 0 atom stereocenters. The van der Waals surface area contributed by atoms with Gasteiger partial charge in [0.1, 0.15) is 0 Å². The number of hydrogen-bond donors (Lipinski definition) is 0. The zero-order valence-corrected chi connectivity index (χ0v) is 20.1. The molecule has 0 saturated carbocycles. The van der Waals surface area contributed by atoms with E-state index < -0.39 is 25.5 Å². The van der Waals surface area contributed by atoms with Crippen LogP contribution < -0.4 is 3.71 Å². The number of benzene rings is 2. The first-order valence-electron chi connectivity index (χ1n) is 9.73. The average Bonchev–Trinajstić information content (AvgIpc) is 3.03. The molecule has 1 heterocycles. The Morgan fingerprint density at radius 3 is 1.48 bits per heavy atom. The van der Waals surface area contributed by atoms with Gasteiger partial charge in [-0.3, -0.25) is 4.68 Å². The molecular weight excluding hydrogens is 434 g/mol. The van der Waals surface area contributed by atoms with Crippen LogP contribution in [0, 0.1) is 13.8 Å². The summed E-state index contributed by atoms with van der Waals surface area (Å²) in [7, 11) is -7.38. The van der Waals surface area contributed by atoms with Gasteiger partial charge in [0.05, 0.1) is 15.5 Å². The minimum absolute atomic E-state index is 0.0499. The summed E-state index contributed by atoms with van der Waals surface area (Å²) in [5.41, 5.74) is 1.90. The number of aromatic nitrogens is 2. The molecule has 0 aliphatic heterocycles. The molecule has 0 amide bonds. The lowest BCUT2D eigenvalue weighted by molar-refractivity contribution is 0.553. The summed E-state index contributed by atoms with van der Waals surface area (Å²) in [6, 6.07) is 13.7. The van der Waals surface area contributed by atoms with Crippen molar-refractivity contribution in [2.24, 2.45) is 7.05 Å². The van der Waals surface area contributed by atoms with Crippen molar-refractivity contribution in [2.45, 2.75) is 49.8 Å². The van der Waals surface area contributed by atoms with Gasteiger partial charge < -0.3 is 0 Å². The van der Waals surface area contributed by atoms with Crippen LogP contribution >= 0.6 is 0 Å². The third-order valence-electron chi connectivity index (χ3n) is 4.88. The molecule has 0 unspecified atom stereocenters. The topological polar surface area (TPSA) is 89.3 Å².